The van der Waals surface area contributed by atoms with E-state index >= 15 is 0 Å². The minimum Gasteiger partial charge on any atom is -0.379 e. The van der Waals surface area contributed by atoms with Gasteiger partial charge in [-0.1, -0.05) is 43.9 Å². The summed E-state index contributed by atoms with van der Waals surface area (Å²) in [4.78, 5) is 34.7. The second-order valence-corrected chi connectivity index (χ2v) is 11.6. The fourth-order valence-electron chi connectivity index (χ4n) is 6.75. The summed E-state index contributed by atoms with van der Waals surface area (Å²) < 4.78 is 7.84. The van der Waals surface area contributed by atoms with Gasteiger partial charge in [0.25, 0.3) is 5.56 Å². The van der Waals surface area contributed by atoms with Gasteiger partial charge in [0.2, 0.25) is 5.91 Å². The van der Waals surface area contributed by atoms with Gasteiger partial charge in [-0.3, -0.25) is 14.5 Å². The van der Waals surface area contributed by atoms with Gasteiger partial charge in [-0.25, -0.2) is 0 Å². The summed E-state index contributed by atoms with van der Waals surface area (Å²) in [6, 6.07) is 10.0. The predicted molar refractivity (Wildman–Crippen MR) is 148 cm³/mol. The summed E-state index contributed by atoms with van der Waals surface area (Å²) in [6.07, 6.45) is 8.63. The van der Waals surface area contributed by atoms with Crippen molar-refractivity contribution in [2.75, 3.05) is 53.0 Å². The Bertz CT molecular complexity index is 1120. The number of likely N-dealkylation sites (N-methyl/N-ethyl adjacent to an activating group) is 1. The average molecular weight is 509 g/mol. The summed E-state index contributed by atoms with van der Waals surface area (Å²) in [5.41, 5.74) is 1.42. The minimum atomic E-state index is -0.192. The fourth-order valence-corrected chi connectivity index (χ4v) is 6.75. The van der Waals surface area contributed by atoms with E-state index in [0.717, 1.165) is 82.2 Å². The number of para-hydroxylation sites is 1. The van der Waals surface area contributed by atoms with E-state index in [1.54, 1.807) is 4.57 Å². The van der Waals surface area contributed by atoms with Crippen molar-refractivity contribution in [3.63, 3.8) is 0 Å². The second-order valence-electron chi connectivity index (χ2n) is 11.6. The van der Waals surface area contributed by atoms with Crippen LogP contribution in [0.25, 0.3) is 10.9 Å². The van der Waals surface area contributed by atoms with Crippen LogP contribution in [0.5, 0.6) is 0 Å². The molecule has 7 nitrogen and oxygen atoms in total. The van der Waals surface area contributed by atoms with Crippen molar-refractivity contribution in [2.45, 2.75) is 63.5 Å². The normalized spacial score (nSPS) is 24.7. The molecule has 0 N–H and O–H groups in total. The molecule has 3 heterocycles. The smallest absolute Gasteiger partial charge is 0.255 e. The van der Waals surface area contributed by atoms with Crippen molar-refractivity contribution in [3.8, 4) is 0 Å². The van der Waals surface area contributed by atoms with Gasteiger partial charge in [-0.15, -0.1) is 0 Å². The fraction of sp³-hybridized carbons (Fsp3) is 0.667. The Hall–Kier alpha value is -2.22. The number of aryl methyl sites for hydroxylation is 1. The van der Waals surface area contributed by atoms with Gasteiger partial charge < -0.3 is 19.1 Å². The molecule has 3 fully saturated rings. The lowest BCUT2D eigenvalue weighted by atomic mass is 9.87. The first-order chi connectivity index (χ1) is 18.0. The van der Waals surface area contributed by atoms with Crippen LogP contribution in [0, 0.1) is 5.92 Å². The molecule has 2 aliphatic heterocycles. The summed E-state index contributed by atoms with van der Waals surface area (Å²) in [6.45, 7) is 6.47. The number of benzene rings is 1. The number of pyridine rings is 1. The highest BCUT2D eigenvalue weighted by Crippen LogP contribution is 2.32. The number of piperazine rings is 1. The van der Waals surface area contributed by atoms with E-state index in [4.69, 9.17) is 4.74 Å². The Morgan fingerprint density at radius 2 is 1.76 bits per heavy atom. The molecular formula is C30H44N4O3. The molecule has 5 rings (SSSR count). The third-order valence-corrected chi connectivity index (χ3v) is 9.05. The lowest BCUT2D eigenvalue weighted by Gasteiger charge is -2.51. The Kier molecular flexibility index (Phi) is 8.32. The molecule has 0 radical (unpaired) electrons. The van der Waals surface area contributed by atoms with Crippen molar-refractivity contribution >= 4 is 16.8 Å². The molecule has 37 heavy (non-hydrogen) atoms. The average Bonchev–Trinajstić information content (AvgIpc) is 3.21. The highest BCUT2D eigenvalue weighted by atomic mass is 16.5. The summed E-state index contributed by atoms with van der Waals surface area (Å²) in [5.74, 6) is 0.289. The number of ether oxygens (including phenoxy) is 1. The zero-order valence-corrected chi connectivity index (χ0v) is 22.8. The monoisotopic (exact) mass is 508 g/mol. The van der Waals surface area contributed by atoms with Crippen molar-refractivity contribution in [1.82, 2.24) is 19.3 Å². The van der Waals surface area contributed by atoms with Crippen molar-refractivity contribution in [1.29, 1.82) is 0 Å². The first kappa shape index (κ1) is 26.4. The quantitative estimate of drug-likeness (QED) is 0.558. The van der Waals surface area contributed by atoms with Crippen LogP contribution in [0.3, 0.4) is 0 Å². The van der Waals surface area contributed by atoms with Crippen LogP contribution in [0.4, 0.5) is 0 Å². The highest BCUT2D eigenvalue weighted by molar-refractivity contribution is 5.81. The predicted octanol–water partition coefficient (Wildman–Crippen LogP) is 3.63. The second kappa shape index (κ2) is 11.7. The topological polar surface area (TPSA) is 58.0 Å². The Morgan fingerprint density at radius 3 is 2.46 bits per heavy atom. The van der Waals surface area contributed by atoms with Crippen LogP contribution in [0.2, 0.25) is 0 Å². The number of hydrogen-bond acceptors (Lipinski definition) is 5. The molecule has 1 aliphatic carbocycles. The Labute approximate surface area is 221 Å². The van der Waals surface area contributed by atoms with E-state index in [-0.39, 0.29) is 22.9 Å². The van der Waals surface area contributed by atoms with E-state index in [1.807, 2.05) is 31.3 Å². The Balaban J connectivity index is 1.49. The van der Waals surface area contributed by atoms with Gasteiger partial charge in [0, 0.05) is 57.9 Å². The zero-order chi connectivity index (χ0) is 25.8. The number of hydrogen-bond donors (Lipinski definition) is 0. The third kappa shape index (κ3) is 5.79. The molecule has 1 atom stereocenters. The van der Waals surface area contributed by atoms with Crippen LogP contribution in [0.1, 0.15) is 56.9 Å². The third-order valence-electron chi connectivity index (χ3n) is 9.05. The molecule has 3 aliphatic rings. The van der Waals surface area contributed by atoms with Crippen molar-refractivity contribution in [2.24, 2.45) is 13.0 Å². The number of rotatable bonds is 6. The first-order valence-corrected chi connectivity index (χ1v) is 14.3. The lowest BCUT2D eigenvalue weighted by Crippen LogP contribution is -2.64. The summed E-state index contributed by atoms with van der Waals surface area (Å²) in [7, 11) is 4.02. The Morgan fingerprint density at radius 1 is 1.03 bits per heavy atom. The molecule has 0 spiro atoms. The van der Waals surface area contributed by atoms with Gasteiger partial charge >= 0.3 is 0 Å². The van der Waals surface area contributed by atoms with Crippen LogP contribution >= 0.6 is 0 Å². The largest absolute Gasteiger partial charge is 0.379 e. The van der Waals surface area contributed by atoms with Crippen molar-refractivity contribution < 1.29 is 9.53 Å². The summed E-state index contributed by atoms with van der Waals surface area (Å²) in [5, 5.41) is 1.04. The highest BCUT2D eigenvalue weighted by Gasteiger charge is 2.43. The maximum atomic E-state index is 14.2. The maximum absolute atomic E-state index is 14.2. The van der Waals surface area contributed by atoms with Gasteiger partial charge in [0.1, 0.15) is 0 Å². The molecule has 1 aromatic heterocycles. The molecule has 202 valence electrons. The number of carbonyl (C=O) groups excluding carboxylic acids is 1. The number of amides is 1. The van der Waals surface area contributed by atoms with Gasteiger partial charge in [-0.2, -0.15) is 0 Å². The molecule has 0 bridgehead atoms. The van der Waals surface area contributed by atoms with Crippen LogP contribution < -0.4 is 5.56 Å². The van der Waals surface area contributed by atoms with Gasteiger partial charge in [0.15, 0.2) is 0 Å². The van der Waals surface area contributed by atoms with E-state index in [1.165, 1.54) is 12.8 Å². The zero-order valence-electron chi connectivity index (χ0n) is 22.8. The number of nitrogens with zero attached hydrogens (tertiary/aromatic N) is 4. The van der Waals surface area contributed by atoms with Crippen LogP contribution in [-0.4, -0.2) is 83.7 Å². The van der Waals surface area contributed by atoms with Crippen LogP contribution in [0.15, 0.2) is 35.1 Å². The lowest BCUT2D eigenvalue weighted by molar-refractivity contribution is -0.142. The molecule has 7 heteroatoms. The number of aromatic nitrogens is 1. The maximum Gasteiger partial charge on any atom is 0.255 e. The molecule has 2 saturated heterocycles. The van der Waals surface area contributed by atoms with E-state index < -0.39 is 0 Å². The molecule has 1 aromatic carbocycles. The van der Waals surface area contributed by atoms with Gasteiger partial charge in [0.05, 0.1) is 24.2 Å². The van der Waals surface area contributed by atoms with Crippen molar-refractivity contribution in [3.05, 3.63) is 46.2 Å². The minimum absolute atomic E-state index is 0.00842. The molecule has 1 amide bonds. The number of carbonyl (C=O) groups is 1. The summed E-state index contributed by atoms with van der Waals surface area (Å²) >= 11 is 0. The first-order valence-electron chi connectivity index (χ1n) is 14.3. The van der Waals surface area contributed by atoms with Gasteiger partial charge in [-0.05, 0) is 50.2 Å². The van der Waals surface area contributed by atoms with E-state index in [9.17, 15) is 9.59 Å². The molecule has 2 aromatic rings. The molecule has 1 unspecified atom stereocenters. The van der Waals surface area contributed by atoms with E-state index in [0.29, 0.717) is 25.3 Å². The standard InChI is InChI=1S/C30H44N4O3/c1-31-15-17-34(18-16-31)30(14-9-19-37-23-30)22-33(29(36)24-10-5-3-4-6-11-24)21-26-20-25-12-7-8-13-27(25)32(2)28(26)35/h7-8,12-13,20,24H,3-6,9-11,14-19,21-23H2,1-2H3. The number of fused-ring (bicyclic) bond motifs is 1. The molecule has 1 saturated carbocycles. The molecular weight excluding hydrogens is 464 g/mol. The van der Waals surface area contributed by atoms with Crippen LogP contribution in [-0.2, 0) is 23.1 Å². The van der Waals surface area contributed by atoms with E-state index in [2.05, 4.69) is 27.8 Å². The SMILES string of the molecule is CN1CCN(C2(CN(Cc3cc4ccccc4n(C)c3=O)C(=O)C3CCCCCC3)CCCOC2)CC1.